The van der Waals surface area contributed by atoms with Crippen LogP contribution in [0.5, 0.6) is 0 Å². The van der Waals surface area contributed by atoms with E-state index in [0.29, 0.717) is 18.1 Å². The van der Waals surface area contributed by atoms with Crippen LogP contribution in [0.1, 0.15) is 31.4 Å². The van der Waals surface area contributed by atoms with Crippen molar-refractivity contribution < 1.29 is 9.53 Å². The quantitative estimate of drug-likeness (QED) is 0.626. The Hall–Kier alpha value is -2.31. The molecular formula is C20H23N3O2S. The van der Waals surface area contributed by atoms with Gasteiger partial charge in [0.05, 0.1) is 16.8 Å². The fourth-order valence-corrected chi connectivity index (χ4v) is 3.86. The largest absolute Gasteiger partial charge is 0.372 e. The van der Waals surface area contributed by atoms with Crippen molar-refractivity contribution in [1.29, 1.82) is 0 Å². The molecule has 26 heavy (non-hydrogen) atoms. The summed E-state index contributed by atoms with van der Waals surface area (Å²) in [6, 6.07) is 10.1. The molecule has 0 saturated heterocycles. The van der Waals surface area contributed by atoms with Gasteiger partial charge in [0.2, 0.25) is 0 Å². The maximum Gasteiger partial charge on any atom is 0.258 e. The molecule has 0 spiro atoms. The van der Waals surface area contributed by atoms with Crippen LogP contribution < -0.4 is 4.90 Å². The zero-order valence-corrected chi connectivity index (χ0v) is 16.1. The molecule has 1 atom stereocenters. The van der Waals surface area contributed by atoms with E-state index >= 15 is 0 Å². The zero-order chi connectivity index (χ0) is 18.5. The van der Waals surface area contributed by atoms with Crippen molar-refractivity contribution in [2.45, 2.75) is 39.3 Å². The van der Waals surface area contributed by atoms with Gasteiger partial charge in [0.25, 0.3) is 5.91 Å². The number of thiazole rings is 1. The van der Waals surface area contributed by atoms with Gasteiger partial charge >= 0.3 is 0 Å². The van der Waals surface area contributed by atoms with Crippen molar-refractivity contribution in [2.24, 2.45) is 0 Å². The lowest BCUT2D eigenvalue weighted by molar-refractivity contribution is -0.128. The molecule has 1 amide bonds. The second-order valence-corrected chi connectivity index (χ2v) is 7.08. The Morgan fingerprint density at radius 3 is 2.77 bits per heavy atom. The van der Waals surface area contributed by atoms with Crippen molar-refractivity contribution in [3.8, 4) is 0 Å². The molecule has 0 aliphatic carbocycles. The van der Waals surface area contributed by atoms with Gasteiger partial charge in [-0.15, -0.1) is 0 Å². The number of aryl methyl sites for hydroxylation is 1. The number of ether oxygens (including phenoxy) is 1. The Balaban J connectivity index is 2.00. The molecule has 1 aromatic carbocycles. The van der Waals surface area contributed by atoms with E-state index < -0.39 is 6.10 Å². The summed E-state index contributed by atoms with van der Waals surface area (Å²) in [7, 11) is 1.57. The Morgan fingerprint density at radius 2 is 2.12 bits per heavy atom. The molecule has 3 aromatic rings. The number of hydrogen-bond donors (Lipinski definition) is 0. The second kappa shape index (κ2) is 8.38. The molecule has 0 saturated carbocycles. The maximum absolute atomic E-state index is 13.1. The van der Waals surface area contributed by atoms with Crippen LogP contribution in [0.15, 0.2) is 42.7 Å². The molecule has 6 heteroatoms. The zero-order valence-electron chi connectivity index (χ0n) is 15.3. The van der Waals surface area contributed by atoms with Crippen LogP contribution in [-0.4, -0.2) is 29.1 Å². The average Bonchev–Trinajstić information content (AvgIpc) is 3.10. The van der Waals surface area contributed by atoms with Gasteiger partial charge in [0, 0.05) is 19.5 Å². The molecule has 136 valence electrons. The Kier molecular flexibility index (Phi) is 5.96. The SMILES string of the molecule is CCc1ccc2nc(N(Cc3cccnc3)C(=O)C(CC)OC)sc2c1. The standard InChI is InChI=1S/C20H23N3O2S/c1-4-14-8-9-16-18(11-14)26-20(22-16)23(19(24)17(5-2)25-3)13-15-7-6-10-21-12-15/h6-12,17H,4-5,13H2,1-3H3. The number of amides is 1. The van der Waals surface area contributed by atoms with E-state index in [1.54, 1.807) is 24.4 Å². The van der Waals surface area contributed by atoms with Gasteiger partial charge in [-0.2, -0.15) is 0 Å². The highest BCUT2D eigenvalue weighted by Gasteiger charge is 2.26. The van der Waals surface area contributed by atoms with Gasteiger partial charge in [-0.25, -0.2) is 4.98 Å². The van der Waals surface area contributed by atoms with E-state index in [0.717, 1.165) is 22.2 Å². The van der Waals surface area contributed by atoms with Gasteiger partial charge in [-0.3, -0.25) is 14.7 Å². The van der Waals surface area contributed by atoms with Crippen molar-refractivity contribution in [3.05, 3.63) is 53.9 Å². The number of aromatic nitrogens is 2. The number of carbonyl (C=O) groups excluding carboxylic acids is 1. The Labute approximate surface area is 157 Å². The first-order chi connectivity index (χ1) is 12.7. The summed E-state index contributed by atoms with van der Waals surface area (Å²) in [4.78, 5) is 23.6. The third kappa shape index (κ3) is 3.92. The van der Waals surface area contributed by atoms with Gasteiger partial charge in [0.15, 0.2) is 5.13 Å². The normalized spacial score (nSPS) is 12.3. The lowest BCUT2D eigenvalue weighted by atomic mass is 10.2. The predicted octanol–water partition coefficient (Wildman–Crippen LogP) is 4.21. The first kappa shape index (κ1) is 18.5. The van der Waals surface area contributed by atoms with Crippen LogP contribution in [-0.2, 0) is 22.5 Å². The highest BCUT2D eigenvalue weighted by Crippen LogP contribution is 2.31. The number of benzene rings is 1. The van der Waals surface area contributed by atoms with Gasteiger partial charge in [-0.1, -0.05) is 37.3 Å². The Morgan fingerprint density at radius 1 is 1.27 bits per heavy atom. The number of nitrogens with zero attached hydrogens (tertiary/aromatic N) is 3. The molecule has 0 bridgehead atoms. The summed E-state index contributed by atoms with van der Waals surface area (Å²) in [6.45, 7) is 4.50. The summed E-state index contributed by atoms with van der Waals surface area (Å²) >= 11 is 1.54. The summed E-state index contributed by atoms with van der Waals surface area (Å²) < 4.78 is 6.47. The van der Waals surface area contributed by atoms with Gasteiger partial charge in [0.1, 0.15) is 6.10 Å². The molecule has 0 aliphatic heterocycles. The molecule has 2 heterocycles. The van der Waals surface area contributed by atoms with E-state index in [1.165, 1.54) is 16.9 Å². The van der Waals surface area contributed by atoms with Crippen LogP contribution >= 0.6 is 11.3 Å². The van der Waals surface area contributed by atoms with E-state index in [2.05, 4.69) is 24.0 Å². The topological polar surface area (TPSA) is 55.3 Å². The van der Waals surface area contributed by atoms with Crippen molar-refractivity contribution in [1.82, 2.24) is 9.97 Å². The van der Waals surface area contributed by atoms with Gasteiger partial charge in [-0.05, 0) is 42.2 Å². The third-order valence-corrected chi connectivity index (χ3v) is 5.38. The molecule has 2 aromatic heterocycles. The van der Waals surface area contributed by atoms with Crippen LogP contribution in [0.3, 0.4) is 0 Å². The number of pyridine rings is 1. The fourth-order valence-electron chi connectivity index (χ4n) is 2.82. The molecule has 0 N–H and O–H groups in total. The molecule has 0 aliphatic rings. The van der Waals surface area contributed by atoms with E-state index in [1.807, 2.05) is 25.1 Å². The van der Waals surface area contributed by atoms with Crippen LogP contribution in [0.25, 0.3) is 10.2 Å². The van der Waals surface area contributed by atoms with Crippen LogP contribution in [0, 0.1) is 0 Å². The lowest BCUT2D eigenvalue weighted by Gasteiger charge is -2.24. The summed E-state index contributed by atoms with van der Waals surface area (Å²) in [6.07, 6.45) is 4.61. The minimum absolute atomic E-state index is 0.0753. The fraction of sp³-hybridized carbons (Fsp3) is 0.350. The third-order valence-electron chi connectivity index (χ3n) is 4.34. The number of anilines is 1. The smallest absolute Gasteiger partial charge is 0.258 e. The summed E-state index contributed by atoms with van der Waals surface area (Å²) in [5, 5.41) is 0.692. The average molecular weight is 369 g/mol. The molecule has 0 radical (unpaired) electrons. The minimum Gasteiger partial charge on any atom is -0.372 e. The van der Waals surface area contributed by atoms with Crippen molar-refractivity contribution in [3.63, 3.8) is 0 Å². The van der Waals surface area contributed by atoms with Crippen molar-refractivity contribution in [2.75, 3.05) is 12.0 Å². The first-order valence-corrected chi connectivity index (χ1v) is 9.60. The van der Waals surface area contributed by atoms with Crippen LogP contribution in [0.4, 0.5) is 5.13 Å². The first-order valence-electron chi connectivity index (χ1n) is 8.78. The number of methoxy groups -OCH3 is 1. The van der Waals surface area contributed by atoms with E-state index in [4.69, 9.17) is 9.72 Å². The maximum atomic E-state index is 13.1. The highest BCUT2D eigenvalue weighted by molar-refractivity contribution is 7.22. The van der Waals surface area contributed by atoms with Crippen molar-refractivity contribution >= 4 is 32.6 Å². The highest BCUT2D eigenvalue weighted by atomic mass is 32.1. The predicted molar refractivity (Wildman–Crippen MR) is 106 cm³/mol. The number of fused-ring (bicyclic) bond motifs is 1. The van der Waals surface area contributed by atoms with E-state index in [9.17, 15) is 4.79 Å². The molecule has 0 fully saturated rings. The number of hydrogen-bond acceptors (Lipinski definition) is 5. The molecule has 1 unspecified atom stereocenters. The van der Waals surface area contributed by atoms with Crippen LogP contribution in [0.2, 0.25) is 0 Å². The van der Waals surface area contributed by atoms with Gasteiger partial charge < -0.3 is 4.74 Å². The molecular weight excluding hydrogens is 346 g/mol. The molecule has 5 nitrogen and oxygen atoms in total. The molecule has 3 rings (SSSR count). The van der Waals surface area contributed by atoms with E-state index in [-0.39, 0.29) is 5.91 Å². The monoisotopic (exact) mass is 369 g/mol. The second-order valence-electron chi connectivity index (χ2n) is 6.07. The summed E-state index contributed by atoms with van der Waals surface area (Å²) in [5.41, 5.74) is 3.14. The number of rotatable bonds is 7. The number of carbonyl (C=O) groups is 1. The lowest BCUT2D eigenvalue weighted by Crippen LogP contribution is -2.39. The minimum atomic E-state index is -0.482. The Bertz CT molecular complexity index is 875. The summed E-state index contributed by atoms with van der Waals surface area (Å²) in [5.74, 6) is -0.0753.